The number of amides is 1. The Balaban J connectivity index is 1.80. The smallest absolute Gasteiger partial charge is 0.266 e. The van der Waals surface area contributed by atoms with Gasteiger partial charge in [0.15, 0.2) is 0 Å². The van der Waals surface area contributed by atoms with Crippen molar-refractivity contribution in [3.05, 3.63) is 40.3 Å². The molecule has 0 aromatic heterocycles. The molecule has 5 heteroatoms. The van der Waals surface area contributed by atoms with Crippen LogP contribution in [0.25, 0.3) is 6.08 Å². The maximum Gasteiger partial charge on any atom is 0.266 e. The Bertz CT molecular complexity index is 667. The second kappa shape index (κ2) is 6.64. The second-order valence-corrected chi connectivity index (χ2v) is 7.25. The maximum absolute atomic E-state index is 12.6. The minimum absolute atomic E-state index is 0.0336. The topological polar surface area (TPSA) is 44.1 Å². The Labute approximate surface area is 140 Å². The maximum atomic E-state index is 12.6. The van der Waals surface area contributed by atoms with E-state index in [2.05, 4.69) is 6.07 Å². The number of benzene rings is 1. The Morgan fingerprint density at radius 1 is 1.23 bits per heavy atom. The summed E-state index contributed by atoms with van der Waals surface area (Å²) < 4.78 is 0.678. The van der Waals surface area contributed by atoms with E-state index in [-0.39, 0.29) is 11.9 Å². The van der Waals surface area contributed by atoms with Gasteiger partial charge in [-0.05, 0) is 36.6 Å². The summed E-state index contributed by atoms with van der Waals surface area (Å²) in [6, 6.07) is 9.58. The molecular weight excluding hydrogens is 312 g/mol. The molecule has 0 bridgehead atoms. The first kappa shape index (κ1) is 15.3. The van der Waals surface area contributed by atoms with Gasteiger partial charge in [0.05, 0.1) is 16.5 Å². The molecule has 1 aliphatic heterocycles. The highest BCUT2D eigenvalue weighted by Crippen LogP contribution is 2.37. The zero-order valence-electron chi connectivity index (χ0n) is 12.1. The summed E-state index contributed by atoms with van der Waals surface area (Å²) in [5.74, 6) is 0.0336. The van der Waals surface area contributed by atoms with Crippen molar-refractivity contribution < 1.29 is 4.79 Å². The van der Waals surface area contributed by atoms with Gasteiger partial charge in [-0.15, -0.1) is 0 Å². The molecule has 1 heterocycles. The summed E-state index contributed by atoms with van der Waals surface area (Å²) in [7, 11) is 0. The predicted molar refractivity (Wildman–Crippen MR) is 93.0 cm³/mol. The summed E-state index contributed by atoms with van der Waals surface area (Å²) in [4.78, 5) is 15.1. The third-order valence-electron chi connectivity index (χ3n) is 4.10. The van der Waals surface area contributed by atoms with Crippen LogP contribution in [-0.4, -0.2) is 21.2 Å². The van der Waals surface area contributed by atoms with Crippen LogP contribution in [0.15, 0.2) is 29.2 Å². The first-order valence-corrected chi connectivity index (χ1v) is 8.69. The first-order valence-electron chi connectivity index (χ1n) is 7.46. The van der Waals surface area contributed by atoms with E-state index < -0.39 is 0 Å². The third-order valence-corrected chi connectivity index (χ3v) is 5.43. The third kappa shape index (κ3) is 3.08. The number of carbonyl (C=O) groups excluding carboxylic acids is 1. The molecule has 3 nitrogen and oxygen atoms in total. The fraction of sp³-hybridized carbons (Fsp3) is 0.353. The van der Waals surface area contributed by atoms with Gasteiger partial charge in [-0.3, -0.25) is 9.69 Å². The Hall–Kier alpha value is -1.64. The van der Waals surface area contributed by atoms with E-state index >= 15 is 0 Å². The van der Waals surface area contributed by atoms with Gasteiger partial charge in [0, 0.05) is 6.04 Å². The van der Waals surface area contributed by atoms with Crippen LogP contribution < -0.4 is 0 Å². The number of nitrogens with zero attached hydrogens (tertiary/aromatic N) is 2. The Kier molecular flexibility index (Phi) is 4.60. The van der Waals surface area contributed by atoms with Crippen LogP contribution in [0.3, 0.4) is 0 Å². The molecule has 0 unspecified atom stereocenters. The molecule has 1 aliphatic carbocycles. The molecule has 1 saturated carbocycles. The fourth-order valence-corrected chi connectivity index (χ4v) is 4.34. The van der Waals surface area contributed by atoms with Gasteiger partial charge in [0.2, 0.25) is 0 Å². The quantitative estimate of drug-likeness (QED) is 0.606. The predicted octanol–water partition coefficient (Wildman–Crippen LogP) is 4.09. The van der Waals surface area contributed by atoms with Gasteiger partial charge in [-0.1, -0.05) is 55.4 Å². The van der Waals surface area contributed by atoms with Crippen LogP contribution in [0.1, 0.15) is 43.2 Å². The lowest BCUT2D eigenvalue weighted by molar-refractivity contribution is -0.124. The molecule has 3 rings (SSSR count). The van der Waals surface area contributed by atoms with Crippen molar-refractivity contribution in [3.8, 4) is 6.07 Å². The molecule has 1 amide bonds. The molecule has 2 fully saturated rings. The molecule has 1 saturated heterocycles. The molecule has 0 radical (unpaired) electrons. The van der Waals surface area contributed by atoms with Crippen LogP contribution in [0, 0.1) is 11.3 Å². The summed E-state index contributed by atoms with van der Waals surface area (Å²) in [6.07, 6.45) is 7.58. The molecule has 1 aromatic rings. The van der Waals surface area contributed by atoms with Crippen molar-refractivity contribution in [1.29, 1.82) is 5.26 Å². The zero-order chi connectivity index (χ0) is 15.5. The van der Waals surface area contributed by atoms with Crippen LogP contribution in [0.5, 0.6) is 0 Å². The molecule has 0 N–H and O–H groups in total. The van der Waals surface area contributed by atoms with E-state index in [4.69, 9.17) is 17.5 Å². The highest BCUT2D eigenvalue weighted by Gasteiger charge is 2.37. The van der Waals surface area contributed by atoms with E-state index in [0.29, 0.717) is 14.8 Å². The number of nitriles is 1. The van der Waals surface area contributed by atoms with Crippen molar-refractivity contribution >= 4 is 40.3 Å². The van der Waals surface area contributed by atoms with Gasteiger partial charge < -0.3 is 0 Å². The van der Waals surface area contributed by atoms with Gasteiger partial charge >= 0.3 is 0 Å². The number of thiocarbonyl (C=S) groups is 1. The van der Waals surface area contributed by atoms with Gasteiger partial charge in [0.1, 0.15) is 4.32 Å². The molecule has 112 valence electrons. The first-order chi connectivity index (χ1) is 10.7. The number of hydrogen-bond donors (Lipinski definition) is 0. The molecule has 0 atom stereocenters. The van der Waals surface area contributed by atoms with E-state index in [0.717, 1.165) is 18.4 Å². The van der Waals surface area contributed by atoms with Crippen LogP contribution in [0.2, 0.25) is 0 Å². The molecule has 2 aliphatic rings. The standard InChI is InChI=1S/C17H16N2OS2/c18-11-13-8-6-12(7-9-13)10-15-16(20)19(17(21)22-15)14-4-2-1-3-5-14/h6-10,14H,1-5H2/b15-10+. The van der Waals surface area contributed by atoms with Crippen molar-refractivity contribution in [2.75, 3.05) is 0 Å². The second-order valence-electron chi connectivity index (χ2n) is 5.58. The van der Waals surface area contributed by atoms with E-state index in [1.54, 1.807) is 12.1 Å². The number of carbonyl (C=O) groups is 1. The summed E-state index contributed by atoms with van der Waals surface area (Å²) in [5, 5.41) is 8.82. The lowest BCUT2D eigenvalue weighted by atomic mass is 9.94. The van der Waals surface area contributed by atoms with Crippen molar-refractivity contribution in [2.24, 2.45) is 0 Å². The highest BCUT2D eigenvalue weighted by molar-refractivity contribution is 8.26. The SMILES string of the molecule is N#Cc1ccc(/C=C2/SC(=S)N(C3CCCCC3)C2=O)cc1. The van der Waals surface area contributed by atoms with Gasteiger partial charge in [0.25, 0.3) is 5.91 Å². The van der Waals surface area contributed by atoms with E-state index in [9.17, 15) is 4.79 Å². The monoisotopic (exact) mass is 328 g/mol. The van der Waals surface area contributed by atoms with Crippen LogP contribution in [0.4, 0.5) is 0 Å². The summed E-state index contributed by atoms with van der Waals surface area (Å²) in [5.41, 5.74) is 1.54. The van der Waals surface area contributed by atoms with Crippen LogP contribution >= 0.6 is 24.0 Å². The van der Waals surface area contributed by atoms with E-state index in [1.807, 2.05) is 23.1 Å². The lowest BCUT2D eigenvalue weighted by Gasteiger charge is -2.29. The number of thioether (sulfide) groups is 1. The minimum Gasteiger partial charge on any atom is -0.290 e. The number of hydrogen-bond acceptors (Lipinski definition) is 4. The average Bonchev–Trinajstić information content (AvgIpc) is 2.83. The molecule has 0 spiro atoms. The number of rotatable bonds is 2. The Morgan fingerprint density at radius 3 is 2.55 bits per heavy atom. The highest BCUT2D eigenvalue weighted by atomic mass is 32.2. The summed E-state index contributed by atoms with van der Waals surface area (Å²) >= 11 is 6.80. The minimum atomic E-state index is 0.0336. The normalized spacial score (nSPS) is 21.4. The Morgan fingerprint density at radius 2 is 1.91 bits per heavy atom. The molecular formula is C17H16N2OS2. The van der Waals surface area contributed by atoms with Crippen molar-refractivity contribution in [2.45, 2.75) is 38.1 Å². The van der Waals surface area contributed by atoms with Crippen molar-refractivity contribution in [3.63, 3.8) is 0 Å². The average molecular weight is 328 g/mol. The zero-order valence-corrected chi connectivity index (χ0v) is 13.8. The van der Waals surface area contributed by atoms with Gasteiger partial charge in [-0.25, -0.2) is 0 Å². The van der Waals surface area contributed by atoms with E-state index in [1.165, 1.54) is 31.0 Å². The van der Waals surface area contributed by atoms with Crippen molar-refractivity contribution in [1.82, 2.24) is 4.90 Å². The molecule has 22 heavy (non-hydrogen) atoms. The fourth-order valence-electron chi connectivity index (χ4n) is 2.94. The summed E-state index contributed by atoms with van der Waals surface area (Å²) in [6.45, 7) is 0. The van der Waals surface area contributed by atoms with Crippen LogP contribution in [-0.2, 0) is 4.79 Å². The largest absolute Gasteiger partial charge is 0.290 e. The molecule has 1 aromatic carbocycles. The lowest BCUT2D eigenvalue weighted by Crippen LogP contribution is -2.39. The van der Waals surface area contributed by atoms with Gasteiger partial charge in [-0.2, -0.15) is 5.26 Å².